The van der Waals surface area contributed by atoms with Crippen LogP contribution in [0.15, 0.2) is 29.1 Å². The van der Waals surface area contributed by atoms with Crippen LogP contribution in [0, 0.1) is 5.82 Å². The summed E-state index contributed by atoms with van der Waals surface area (Å²) in [5, 5.41) is 9.30. The van der Waals surface area contributed by atoms with Gasteiger partial charge in [-0.2, -0.15) is 5.10 Å². The van der Waals surface area contributed by atoms with E-state index in [4.69, 9.17) is 0 Å². The third-order valence-corrected chi connectivity index (χ3v) is 5.05. The molecule has 0 atom stereocenters. The number of amides is 2. The Morgan fingerprint density at radius 2 is 1.93 bits per heavy atom. The number of carbonyl (C=O) groups is 2. The van der Waals surface area contributed by atoms with Gasteiger partial charge >= 0.3 is 5.69 Å². The van der Waals surface area contributed by atoms with Crippen molar-refractivity contribution in [1.82, 2.24) is 25.0 Å². The highest BCUT2D eigenvalue weighted by Gasteiger charge is 2.27. The molecule has 2 N–H and O–H groups in total. The number of likely N-dealkylation sites (tertiary alicyclic amines) is 1. The minimum Gasteiger partial charge on any atom is -0.352 e. The van der Waals surface area contributed by atoms with Crippen LogP contribution >= 0.6 is 0 Å². The number of nitrogens with one attached hydrogen (secondary N) is 2. The van der Waals surface area contributed by atoms with E-state index in [-0.39, 0.29) is 36.4 Å². The average Bonchev–Trinajstić information content (AvgIpc) is 3.09. The van der Waals surface area contributed by atoms with Crippen LogP contribution in [0.3, 0.4) is 0 Å². The first-order valence-electron chi connectivity index (χ1n) is 9.46. The highest BCUT2D eigenvalue weighted by molar-refractivity contribution is 5.94. The number of rotatable bonds is 6. The third kappa shape index (κ3) is 4.47. The lowest BCUT2D eigenvalue weighted by molar-refractivity contribution is -0.132. The molecule has 3 rings (SSSR count). The van der Waals surface area contributed by atoms with Gasteiger partial charge in [-0.1, -0.05) is 0 Å². The van der Waals surface area contributed by atoms with E-state index < -0.39 is 5.82 Å². The van der Waals surface area contributed by atoms with Crippen molar-refractivity contribution in [3.8, 4) is 0 Å². The van der Waals surface area contributed by atoms with Gasteiger partial charge in [0.15, 0.2) is 0 Å². The van der Waals surface area contributed by atoms with Gasteiger partial charge in [0, 0.05) is 44.1 Å². The zero-order valence-electron chi connectivity index (χ0n) is 15.8. The van der Waals surface area contributed by atoms with Crippen LogP contribution in [-0.2, 0) is 11.3 Å². The van der Waals surface area contributed by atoms with Crippen LogP contribution in [0.5, 0.6) is 0 Å². The first-order valence-corrected chi connectivity index (χ1v) is 9.46. The Hall–Kier alpha value is -2.97. The van der Waals surface area contributed by atoms with Crippen molar-refractivity contribution in [3.63, 3.8) is 0 Å². The van der Waals surface area contributed by atoms with Gasteiger partial charge in [-0.25, -0.2) is 14.3 Å². The summed E-state index contributed by atoms with van der Waals surface area (Å²) in [6.45, 7) is 3.89. The van der Waals surface area contributed by atoms with Crippen molar-refractivity contribution in [2.24, 2.45) is 0 Å². The van der Waals surface area contributed by atoms with E-state index in [9.17, 15) is 18.8 Å². The number of hydrogen-bond donors (Lipinski definition) is 2. The van der Waals surface area contributed by atoms with Gasteiger partial charge in [-0.15, -0.1) is 0 Å². The monoisotopic (exact) mass is 389 g/mol. The molecule has 0 aliphatic carbocycles. The maximum atomic E-state index is 12.9. The Morgan fingerprint density at radius 1 is 1.25 bits per heavy atom. The number of halogens is 1. The van der Waals surface area contributed by atoms with Crippen molar-refractivity contribution in [2.45, 2.75) is 38.6 Å². The summed E-state index contributed by atoms with van der Waals surface area (Å²) < 4.78 is 14.5. The summed E-state index contributed by atoms with van der Waals surface area (Å²) in [7, 11) is 0. The number of hydrogen-bond acceptors (Lipinski definition) is 4. The van der Waals surface area contributed by atoms with Crippen LogP contribution in [-0.4, -0.2) is 51.1 Å². The molecule has 2 heterocycles. The highest BCUT2D eigenvalue weighted by Crippen LogP contribution is 2.26. The Morgan fingerprint density at radius 3 is 2.57 bits per heavy atom. The lowest BCUT2D eigenvalue weighted by Gasteiger charge is -2.31. The molecule has 9 heteroatoms. The van der Waals surface area contributed by atoms with E-state index in [1.165, 1.54) is 24.3 Å². The van der Waals surface area contributed by atoms with Crippen molar-refractivity contribution in [2.75, 3.05) is 19.6 Å². The summed E-state index contributed by atoms with van der Waals surface area (Å²) in [4.78, 5) is 37.8. The van der Waals surface area contributed by atoms with Gasteiger partial charge in [0.1, 0.15) is 11.6 Å². The predicted octanol–water partition coefficient (Wildman–Crippen LogP) is 1.26. The first kappa shape index (κ1) is 19.8. The number of aromatic nitrogens is 3. The van der Waals surface area contributed by atoms with Crippen molar-refractivity contribution < 1.29 is 14.0 Å². The molecule has 0 saturated carbocycles. The van der Waals surface area contributed by atoms with E-state index in [1.54, 1.807) is 9.47 Å². The number of piperidine rings is 1. The fourth-order valence-corrected chi connectivity index (χ4v) is 3.48. The summed E-state index contributed by atoms with van der Waals surface area (Å²) in [5.74, 6) is 0.156. The highest BCUT2D eigenvalue weighted by atomic mass is 19.1. The van der Waals surface area contributed by atoms with E-state index in [2.05, 4.69) is 15.5 Å². The molecule has 28 heavy (non-hydrogen) atoms. The second-order valence-corrected chi connectivity index (χ2v) is 6.80. The van der Waals surface area contributed by atoms with Gasteiger partial charge in [-0.3, -0.25) is 14.2 Å². The summed E-state index contributed by atoms with van der Waals surface area (Å²) in [6, 6.07) is 5.26. The second-order valence-electron chi connectivity index (χ2n) is 6.80. The molecule has 0 bridgehead atoms. The van der Waals surface area contributed by atoms with Gasteiger partial charge in [0.05, 0.1) is 0 Å². The van der Waals surface area contributed by atoms with E-state index >= 15 is 0 Å². The van der Waals surface area contributed by atoms with Gasteiger partial charge < -0.3 is 10.2 Å². The fraction of sp³-hybridized carbons (Fsp3) is 0.474. The molecule has 1 aromatic heterocycles. The van der Waals surface area contributed by atoms with Gasteiger partial charge in [0.2, 0.25) is 5.91 Å². The molecule has 1 aliphatic heterocycles. The maximum Gasteiger partial charge on any atom is 0.343 e. The number of aromatic amines is 1. The van der Waals surface area contributed by atoms with Crippen molar-refractivity contribution in [1.29, 1.82) is 0 Å². The van der Waals surface area contributed by atoms with Crippen LogP contribution < -0.4 is 11.0 Å². The summed E-state index contributed by atoms with van der Waals surface area (Å²) >= 11 is 0. The fourth-order valence-electron chi connectivity index (χ4n) is 3.48. The molecule has 150 valence electrons. The van der Waals surface area contributed by atoms with Crippen LogP contribution in [0.25, 0.3) is 0 Å². The molecule has 1 aliphatic rings. The van der Waals surface area contributed by atoms with Crippen LogP contribution in [0.1, 0.15) is 48.3 Å². The van der Waals surface area contributed by atoms with E-state index in [0.717, 1.165) is 18.7 Å². The lowest BCUT2D eigenvalue weighted by atomic mass is 9.95. The first-order chi connectivity index (χ1) is 13.5. The van der Waals surface area contributed by atoms with E-state index in [0.29, 0.717) is 25.2 Å². The number of benzene rings is 1. The lowest BCUT2D eigenvalue weighted by Crippen LogP contribution is -2.40. The normalized spacial score (nSPS) is 14.9. The molecule has 0 radical (unpaired) electrons. The zero-order chi connectivity index (χ0) is 20.1. The van der Waals surface area contributed by atoms with Crippen molar-refractivity contribution >= 4 is 11.8 Å². The van der Waals surface area contributed by atoms with Crippen molar-refractivity contribution in [3.05, 3.63) is 52.0 Å². The van der Waals surface area contributed by atoms with E-state index in [1.807, 2.05) is 6.92 Å². The Labute approximate surface area is 161 Å². The Balaban J connectivity index is 1.44. The SMILES string of the molecule is CCn1c(C2CCN(C(=O)CCNC(=O)c3ccc(F)cc3)CC2)n[nH]c1=O. The maximum absolute atomic E-state index is 12.9. The van der Waals surface area contributed by atoms with Gasteiger partial charge in [0.25, 0.3) is 5.91 Å². The zero-order valence-corrected chi connectivity index (χ0v) is 15.8. The standard InChI is InChI=1S/C19H24FN5O3/c1-2-25-17(22-23-19(25)28)13-8-11-24(12-9-13)16(26)7-10-21-18(27)14-3-5-15(20)6-4-14/h3-6,13H,2,7-12H2,1H3,(H,21,27)(H,23,28). The number of carbonyl (C=O) groups excluding carboxylic acids is 2. The number of nitrogens with zero attached hydrogens (tertiary/aromatic N) is 3. The average molecular weight is 389 g/mol. The minimum atomic E-state index is -0.402. The van der Waals surface area contributed by atoms with Gasteiger partial charge in [-0.05, 0) is 44.0 Å². The Bertz CT molecular complexity index is 882. The second kappa shape index (κ2) is 8.81. The van der Waals surface area contributed by atoms with Crippen LogP contribution in [0.2, 0.25) is 0 Å². The molecule has 0 spiro atoms. The molecule has 2 aromatic rings. The molecule has 1 saturated heterocycles. The molecule has 0 unspecified atom stereocenters. The molecular weight excluding hydrogens is 365 g/mol. The predicted molar refractivity (Wildman–Crippen MR) is 100 cm³/mol. The number of H-pyrrole nitrogens is 1. The summed E-state index contributed by atoms with van der Waals surface area (Å²) in [6.07, 6.45) is 1.70. The molecule has 1 fully saturated rings. The Kier molecular flexibility index (Phi) is 6.23. The minimum absolute atomic E-state index is 0.0206. The summed E-state index contributed by atoms with van der Waals surface area (Å²) in [5.41, 5.74) is 0.156. The molecular formula is C19H24FN5O3. The third-order valence-electron chi connectivity index (χ3n) is 5.05. The molecule has 1 aromatic carbocycles. The quantitative estimate of drug-likeness (QED) is 0.777. The smallest absolute Gasteiger partial charge is 0.343 e. The molecule has 8 nitrogen and oxygen atoms in total. The largest absolute Gasteiger partial charge is 0.352 e. The van der Waals surface area contributed by atoms with Crippen LogP contribution in [0.4, 0.5) is 4.39 Å². The topological polar surface area (TPSA) is 100 Å². The molecule has 2 amide bonds.